The van der Waals surface area contributed by atoms with Gasteiger partial charge in [-0.15, -0.1) is 0 Å². The molecule has 0 fully saturated rings. The fraction of sp³-hybridized carbons (Fsp3) is 0.286. The van der Waals surface area contributed by atoms with Crippen molar-refractivity contribution in [3.8, 4) is 0 Å². The summed E-state index contributed by atoms with van der Waals surface area (Å²) in [5.74, 6) is 0. The molecule has 5 nitrogen and oxygen atoms in total. The van der Waals surface area contributed by atoms with E-state index in [4.69, 9.17) is 29.7 Å². The molecule has 1 rings (SSSR count). The number of rotatable bonds is 1. The van der Waals surface area contributed by atoms with Gasteiger partial charge in [-0.3, -0.25) is 0 Å². The van der Waals surface area contributed by atoms with Crippen molar-refractivity contribution < 1.29 is 18.1 Å². The van der Waals surface area contributed by atoms with Crippen LogP contribution in [0.1, 0.15) is 5.56 Å². The van der Waals surface area contributed by atoms with Gasteiger partial charge in [0.25, 0.3) is 0 Å². The largest absolute Gasteiger partial charge is 0.748 e. The van der Waals surface area contributed by atoms with Gasteiger partial charge in [-0.2, -0.15) is 0 Å². The molecule has 0 unspecified atom stereocenters. The van der Waals surface area contributed by atoms with Crippen LogP contribution in [0.5, 0.6) is 0 Å². The van der Waals surface area contributed by atoms with Gasteiger partial charge in [-0.25, -0.2) is 13.4 Å². The molecular weight excluding hydrogens is 230 g/mol. The second-order valence-corrected chi connectivity index (χ2v) is 4.15. The summed E-state index contributed by atoms with van der Waals surface area (Å²) in [5.41, 5.74) is 0.777. The van der Waals surface area contributed by atoms with E-state index in [0.29, 0.717) is 11.4 Å². The van der Waals surface area contributed by atoms with Gasteiger partial charge in [0.2, 0.25) is 0 Å². The highest BCUT2D eigenvalue weighted by molar-refractivity contribution is 7.84. The summed E-state index contributed by atoms with van der Waals surface area (Å²) in [7, 11) is -3.92. The van der Waals surface area contributed by atoms with E-state index in [1.54, 1.807) is 18.3 Å². The van der Waals surface area contributed by atoms with Gasteiger partial charge in [-0.05, 0) is 11.6 Å². The molecule has 1 aromatic rings. The Kier molecular flexibility index (Phi) is 5.63. The van der Waals surface area contributed by atoms with Crippen LogP contribution in [0.15, 0.2) is 18.3 Å². The molecule has 1 heterocycles. The van der Waals surface area contributed by atoms with Crippen LogP contribution >= 0.6 is 11.6 Å². The molecule has 0 aliphatic carbocycles. The van der Waals surface area contributed by atoms with E-state index in [0.717, 1.165) is 5.56 Å². The molecule has 7 heteroatoms. The summed E-state index contributed by atoms with van der Waals surface area (Å²) in [6.45, 7) is 0.0180. The van der Waals surface area contributed by atoms with Crippen molar-refractivity contribution in [1.82, 2.24) is 4.98 Å². The Bertz CT molecular complexity index is 354. The molecule has 80 valence electrons. The smallest absolute Gasteiger partial charge is 0.129 e. The highest BCUT2D eigenvalue weighted by Crippen LogP contribution is 2.04. The molecule has 0 aliphatic heterocycles. The van der Waals surface area contributed by atoms with Crippen LogP contribution in [0.3, 0.4) is 0 Å². The van der Waals surface area contributed by atoms with E-state index in [9.17, 15) is 0 Å². The number of hydrogen-bond donors (Lipinski definition) is 1. The van der Waals surface area contributed by atoms with Crippen LogP contribution in [0, 0.1) is 0 Å². The zero-order valence-electron chi connectivity index (χ0n) is 7.34. The Hall–Kier alpha value is -0.690. The Morgan fingerprint density at radius 3 is 2.36 bits per heavy atom. The van der Waals surface area contributed by atoms with Gasteiger partial charge in [0.1, 0.15) is 5.15 Å². The van der Waals surface area contributed by atoms with Gasteiger partial charge in [-0.1, -0.05) is 17.7 Å². The molecule has 0 saturated heterocycles. The Balaban J connectivity index is 0.000000292. The Labute approximate surface area is 87.1 Å². The molecule has 0 radical (unpaired) electrons. The first-order valence-electron chi connectivity index (χ1n) is 3.45. The lowest BCUT2D eigenvalue weighted by Crippen LogP contribution is -1.88. The molecule has 0 spiro atoms. The van der Waals surface area contributed by atoms with Crippen molar-refractivity contribution in [3.63, 3.8) is 0 Å². The zero-order chi connectivity index (χ0) is 11.2. The second kappa shape index (κ2) is 5.92. The van der Waals surface area contributed by atoms with Crippen LogP contribution in [0.2, 0.25) is 5.15 Å². The van der Waals surface area contributed by atoms with Gasteiger partial charge in [0.05, 0.1) is 16.7 Å². The third-order valence-corrected chi connectivity index (χ3v) is 1.19. The second-order valence-electron chi connectivity index (χ2n) is 2.35. The third-order valence-electron chi connectivity index (χ3n) is 0.971. The van der Waals surface area contributed by atoms with E-state index in [1.807, 2.05) is 0 Å². The Morgan fingerprint density at radius 2 is 2.07 bits per heavy atom. The summed E-state index contributed by atoms with van der Waals surface area (Å²) in [6.07, 6.45) is 2.15. The van der Waals surface area contributed by atoms with E-state index in [2.05, 4.69) is 4.98 Å². The zero-order valence-corrected chi connectivity index (χ0v) is 8.92. The number of halogens is 1. The number of hydrogen-bond acceptors (Lipinski definition) is 5. The predicted molar refractivity (Wildman–Crippen MR) is 50.8 cm³/mol. The summed E-state index contributed by atoms with van der Waals surface area (Å²) in [6, 6.07) is 3.38. The maximum Gasteiger partial charge on any atom is 0.129 e. The summed E-state index contributed by atoms with van der Waals surface area (Å²) < 4.78 is 27.2. The van der Waals surface area contributed by atoms with Gasteiger partial charge >= 0.3 is 0 Å². The Morgan fingerprint density at radius 1 is 1.57 bits per heavy atom. The van der Waals surface area contributed by atoms with Crippen molar-refractivity contribution in [2.75, 3.05) is 6.26 Å². The van der Waals surface area contributed by atoms with Crippen LogP contribution in [0.4, 0.5) is 0 Å². The number of aliphatic hydroxyl groups excluding tert-OH is 1. The lowest BCUT2D eigenvalue weighted by atomic mass is 10.3. The maximum absolute atomic E-state index is 9.08. The van der Waals surface area contributed by atoms with Gasteiger partial charge in [0, 0.05) is 12.5 Å². The van der Waals surface area contributed by atoms with Crippen LogP contribution < -0.4 is 0 Å². The summed E-state index contributed by atoms with van der Waals surface area (Å²) >= 11 is 5.48. The first kappa shape index (κ1) is 13.3. The monoisotopic (exact) mass is 238 g/mol. The highest BCUT2D eigenvalue weighted by Gasteiger charge is 1.88. The molecule has 0 aromatic carbocycles. The van der Waals surface area contributed by atoms with Crippen LogP contribution in [-0.2, 0) is 16.7 Å². The van der Waals surface area contributed by atoms with E-state index in [1.165, 1.54) is 0 Å². The van der Waals surface area contributed by atoms with Crippen molar-refractivity contribution in [3.05, 3.63) is 29.0 Å². The minimum absolute atomic E-state index is 0.0180. The minimum Gasteiger partial charge on any atom is -0.748 e. The van der Waals surface area contributed by atoms with E-state index < -0.39 is 10.1 Å². The first-order chi connectivity index (χ1) is 6.33. The molecule has 0 bridgehead atoms. The lowest BCUT2D eigenvalue weighted by molar-refractivity contribution is 0.281. The summed E-state index contributed by atoms with van der Waals surface area (Å²) in [5, 5.41) is 9.00. The quantitative estimate of drug-likeness (QED) is 0.565. The fourth-order valence-electron chi connectivity index (χ4n) is 0.500. The van der Waals surface area contributed by atoms with Crippen molar-refractivity contribution in [2.45, 2.75) is 6.61 Å². The van der Waals surface area contributed by atoms with E-state index >= 15 is 0 Å². The van der Waals surface area contributed by atoms with Crippen molar-refractivity contribution in [1.29, 1.82) is 0 Å². The number of aliphatic hydroxyl groups is 1. The number of pyridine rings is 1. The topological polar surface area (TPSA) is 90.3 Å². The van der Waals surface area contributed by atoms with Crippen molar-refractivity contribution >= 4 is 21.7 Å². The minimum atomic E-state index is -3.92. The molecule has 1 aromatic heterocycles. The molecule has 1 N–H and O–H groups in total. The molecular formula is C7H9ClNO4S-. The first-order valence-corrected chi connectivity index (χ1v) is 5.64. The lowest BCUT2D eigenvalue weighted by Gasteiger charge is -1.91. The molecule has 0 saturated carbocycles. The SMILES string of the molecule is CS(=O)(=O)[O-].OCc1ccc(Cl)nc1. The average molecular weight is 239 g/mol. The molecule has 0 aliphatic rings. The molecule has 14 heavy (non-hydrogen) atoms. The third kappa shape index (κ3) is 9.40. The summed E-state index contributed by atoms with van der Waals surface area (Å²) in [4.78, 5) is 3.76. The standard InChI is InChI=1S/C6H6ClNO.CH4O3S/c7-6-2-1-5(4-9)3-8-6;1-5(2,3)4/h1-3,9H,4H2;1H3,(H,2,3,4)/p-1. The van der Waals surface area contributed by atoms with Crippen LogP contribution in [-0.4, -0.2) is 29.3 Å². The van der Waals surface area contributed by atoms with Gasteiger partial charge in [0.15, 0.2) is 0 Å². The maximum atomic E-state index is 9.08. The average Bonchev–Trinajstić information content (AvgIpc) is 2.03. The van der Waals surface area contributed by atoms with Crippen molar-refractivity contribution in [2.24, 2.45) is 0 Å². The number of nitrogens with zero attached hydrogens (tertiary/aromatic N) is 1. The highest BCUT2D eigenvalue weighted by atomic mass is 35.5. The predicted octanol–water partition coefficient (Wildman–Crippen LogP) is 0.389. The fourth-order valence-corrected chi connectivity index (χ4v) is 0.612. The van der Waals surface area contributed by atoms with E-state index in [-0.39, 0.29) is 6.61 Å². The van der Waals surface area contributed by atoms with Crippen LogP contribution in [0.25, 0.3) is 0 Å². The number of aromatic nitrogens is 1. The van der Waals surface area contributed by atoms with Gasteiger partial charge < -0.3 is 9.66 Å². The normalized spacial score (nSPS) is 10.3. The molecule has 0 atom stereocenters. The molecule has 0 amide bonds.